The Morgan fingerprint density at radius 2 is 2.10 bits per heavy atom. The van der Waals surface area contributed by atoms with Crippen LogP contribution in [-0.4, -0.2) is 26.9 Å². The van der Waals surface area contributed by atoms with E-state index in [-0.39, 0.29) is 28.4 Å². The number of hydrogen-bond acceptors (Lipinski definition) is 4. The van der Waals surface area contributed by atoms with Crippen LogP contribution in [0.4, 0.5) is 5.69 Å². The minimum absolute atomic E-state index is 0.0757. The van der Waals surface area contributed by atoms with Gasteiger partial charge in [0.05, 0.1) is 11.6 Å². The van der Waals surface area contributed by atoms with Gasteiger partial charge in [-0.3, -0.25) is 4.79 Å². The quantitative estimate of drug-likeness (QED) is 0.699. The molecule has 0 spiro atoms. The van der Waals surface area contributed by atoms with Crippen molar-refractivity contribution in [1.82, 2.24) is 10.0 Å². The van der Waals surface area contributed by atoms with Gasteiger partial charge in [0, 0.05) is 11.7 Å². The Labute approximate surface area is 122 Å². The molecule has 0 atom stereocenters. The molecule has 110 valence electrons. The number of nitrogens with one attached hydrogen (secondary N) is 2. The zero-order valence-corrected chi connectivity index (χ0v) is 12.5. The number of sulfonamides is 1. The van der Waals surface area contributed by atoms with Gasteiger partial charge in [0.15, 0.2) is 0 Å². The number of carbonyl (C=O) groups excluding carboxylic acids is 1. The predicted octanol–water partition coefficient (Wildman–Crippen LogP) is 0.788. The Kier molecular flexibility index (Phi) is 4.22. The summed E-state index contributed by atoms with van der Waals surface area (Å²) in [6, 6.07) is 2.96. The number of rotatable bonds is 5. The van der Waals surface area contributed by atoms with Crippen LogP contribution in [0.1, 0.15) is 18.4 Å². The van der Waals surface area contributed by atoms with Gasteiger partial charge < -0.3 is 11.1 Å². The van der Waals surface area contributed by atoms with E-state index in [9.17, 15) is 13.2 Å². The Bertz CT molecular complexity index is 642. The first-order chi connectivity index (χ1) is 9.29. The monoisotopic (exact) mass is 317 g/mol. The Hall–Kier alpha value is -1.31. The summed E-state index contributed by atoms with van der Waals surface area (Å²) in [5, 5.41) is 2.77. The molecule has 0 aromatic heterocycles. The molecule has 0 unspecified atom stereocenters. The number of hydrogen-bond donors (Lipinski definition) is 3. The van der Waals surface area contributed by atoms with Gasteiger partial charge in [-0.1, -0.05) is 11.6 Å². The number of nitrogens with two attached hydrogens (primary N) is 1. The van der Waals surface area contributed by atoms with Crippen LogP contribution in [-0.2, 0) is 14.8 Å². The van der Waals surface area contributed by atoms with Gasteiger partial charge in [-0.15, -0.1) is 0 Å². The molecule has 1 aromatic rings. The third kappa shape index (κ3) is 3.62. The maximum absolute atomic E-state index is 12.1. The first-order valence-corrected chi connectivity index (χ1v) is 8.00. The van der Waals surface area contributed by atoms with E-state index in [1.54, 1.807) is 6.92 Å². The topological polar surface area (TPSA) is 101 Å². The van der Waals surface area contributed by atoms with E-state index in [1.165, 1.54) is 12.1 Å². The highest BCUT2D eigenvalue weighted by Gasteiger charge is 2.25. The minimum Gasteiger partial charge on any atom is -0.398 e. The van der Waals surface area contributed by atoms with Gasteiger partial charge in [0.1, 0.15) is 4.90 Å². The molecule has 1 aromatic carbocycles. The maximum Gasteiger partial charge on any atom is 0.242 e. The number of halogens is 1. The fraction of sp³-hybridized carbons (Fsp3) is 0.417. The lowest BCUT2D eigenvalue weighted by molar-refractivity contribution is -0.120. The van der Waals surface area contributed by atoms with E-state index in [2.05, 4.69) is 10.0 Å². The average molecular weight is 318 g/mol. The van der Waals surface area contributed by atoms with Gasteiger partial charge in [-0.05, 0) is 37.5 Å². The highest BCUT2D eigenvalue weighted by molar-refractivity contribution is 7.89. The third-order valence-electron chi connectivity index (χ3n) is 2.98. The molecule has 0 radical (unpaired) electrons. The summed E-state index contributed by atoms with van der Waals surface area (Å²) in [7, 11) is -3.86. The van der Waals surface area contributed by atoms with Crippen LogP contribution in [0.25, 0.3) is 0 Å². The molecule has 1 aliphatic rings. The van der Waals surface area contributed by atoms with Crippen LogP contribution in [0.3, 0.4) is 0 Å². The van der Waals surface area contributed by atoms with Crippen molar-refractivity contribution in [3.8, 4) is 0 Å². The number of anilines is 1. The summed E-state index contributed by atoms with van der Waals surface area (Å²) in [6.45, 7) is 1.41. The molecule has 6 nitrogen and oxygen atoms in total. The second-order valence-electron chi connectivity index (χ2n) is 4.81. The molecular weight excluding hydrogens is 302 g/mol. The molecule has 1 aliphatic carbocycles. The smallest absolute Gasteiger partial charge is 0.242 e. The lowest BCUT2D eigenvalue weighted by Gasteiger charge is -2.10. The molecule has 0 aliphatic heterocycles. The standard InChI is InChI=1S/C12H16ClN3O3S/c1-7-4-9(13)11(5-10(7)14)20(18,19)15-6-12(17)16-8-2-3-8/h4-5,8,15H,2-3,6,14H2,1H3,(H,16,17). The van der Waals surface area contributed by atoms with Crippen LogP contribution in [0.15, 0.2) is 17.0 Å². The van der Waals surface area contributed by atoms with E-state index < -0.39 is 10.0 Å². The van der Waals surface area contributed by atoms with Gasteiger partial charge in [-0.25, -0.2) is 13.1 Å². The highest BCUT2D eigenvalue weighted by Crippen LogP contribution is 2.26. The van der Waals surface area contributed by atoms with Crippen LogP contribution in [0.2, 0.25) is 5.02 Å². The summed E-state index contributed by atoms with van der Waals surface area (Å²) < 4.78 is 26.4. The second kappa shape index (κ2) is 5.59. The number of aryl methyl sites for hydroxylation is 1. The van der Waals surface area contributed by atoms with E-state index in [0.29, 0.717) is 11.3 Å². The van der Waals surface area contributed by atoms with Crippen molar-refractivity contribution in [2.45, 2.75) is 30.7 Å². The van der Waals surface area contributed by atoms with Crippen molar-refractivity contribution in [2.75, 3.05) is 12.3 Å². The second-order valence-corrected chi connectivity index (χ2v) is 6.95. The number of nitrogen functional groups attached to an aromatic ring is 1. The molecule has 8 heteroatoms. The Morgan fingerprint density at radius 1 is 1.45 bits per heavy atom. The molecule has 4 N–H and O–H groups in total. The minimum atomic E-state index is -3.86. The first-order valence-electron chi connectivity index (χ1n) is 6.14. The fourth-order valence-electron chi connectivity index (χ4n) is 1.62. The van der Waals surface area contributed by atoms with Crippen molar-refractivity contribution in [1.29, 1.82) is 0 Å². The zero-order chi connectivity index (χ0) is 14.9. The van der Waals surface area contributed by atoms with Gasteiger partial charge in [0.25, 0.3) is 0 Å². The summed E-state index contributed by atoms with van der Waals surface area (Å²) in [6.07, 6.45) is 1.89. The van der Waals surface area contributed by atoms with Crippen molar-refractivity contribution >= 4 is 33.2 Å². The molecule has 2 rings (SSSR count). The van der Waals surface area contributed by atoms with Crippen LogP contribution in [0, 0.1) is 6.92 Å². The van der Waals surface area contributed by atoms with Crippen molar-refractivity contribution in [3.63, 3.8) is 0 Å². The molecule has 1 amide bonds. The van der Waals surface area contributed by atoms with Gasteiger partial charge in [-0.2, -0.15) is 0 Å². The fourth-order valence-corrected chi connectivity index (χ4v) is 3.22. The molecule has 1 fully saturated rings. The number of carbonyl (C=O) groups is 1. The van der Waals surface area contributed by atoms with Crippen molar-refractivity contribution < 1.29 is 13.2 Å². The third-order valence-corrected chi connectivity index (χ3v) is 4.84. The average Bonchev–Trinajstić information content (AvgIpc) is 3.15. The van der Waals surface area contributed by atoms with Crippen LogP contribution in [0.5, 0.6) is 0 Å². The van der Waals surface area contributed by atoms with Gasteiger partial charge >= 0.3 is 0 Å². The lowest BCUT2D eigenvalue weighted by Crippen LogP contribution is -2.37. The number of amides is 1. The summed E-state index contributed by atoms with van der Waals surface area (Å²) in [5.41, 5.74) is 6.71. The Morgan fingerprint density at radius 3 is 2.70 bits per heavy atom. The SMILES string of the molecule is Cc1cc(Cl)c(S(=O)(=O)NCC(=O)NC2CC2)cc1N. The summed E-state index contributed by atoms with van der Waals surface area (Å²) in [4.78, 5) is 11.4. The lowest BCUT2D eigenvalue weighted by atomic mass is 10.2. The first kappa shape index (κ1) is 15.1. The van der Waals surface area contributed by atoms with Crippen molar-refractivity contribution in [3.05, 3.63) is 22.7 Å². The van der Waals surface area contributed by atoms with E-state index in [1.807, 2.05) is 0 Å². The highest BCUT2D eigenvalue weighted by atomic mass is 35.5. The van der Waals surface area contributed by atoms with E-state index in [0.717, 1.165) is 12.8 Å². The van der Waals surface area contributed by atoms with Crippen LogP contribution >= 0.6 is 11.6 Å². The van der Waals surface area contributed by atoms with Gasteiger partial charge in [0.2, 0.25) is 15.9 Å². The maximum atomic E-state index is 12.1. The molecule has 0 heterocycles. The molecule has 20 heavy (non-hydrogen) atoms. The number of benzene rings is 1. The van der Waals surface area contributed by atoms with E-state index in [4.69, 9.17) is 17.3 Å². The van der Waals surface area contributed by atoms with Crippen LogP contribution < -0.4 is 15.8 Å². The molecule has 0 bridgehead atoms. The summed E-state index contributed by atoms with van der Waals surface area (Å²) >= 11 is 5.92. The normalized spacial score (nSPS) is 15.1. The largest absolute Gasteiger partial charge is 0.398 e. The predicted molar refractivity (Wildman–Crippen MR) is 77.0 cm³/mol. The Balaban J connectivity index is 2.09. The zero-order valence-electron chi connectivity index (χ0n) is 10.9. The van der Waals surface area contributed by atoms with E-state index >= 15 is 0 Å². The molecule has 1 saturated carbocycles. The van der Waals surface area contributed by atoms with Crippen molar-refractivity contribution in [2.24, 2.45) is 0 Å². The molecule has 0 saturated heterocycles. The summed E-state index contributed by atoms with van der Waals surface area (Å²) in [5.74, 6) is -0.354. The molecular formula is C12H16ClN3O3S.